The molecule has 0 spiro atoms. The van der Waals surface area contributed by atoms with Gasteiger partial charge in [0.2, 0.25) is 0 Å². The van der Waals surface area contributed by atoms with Gasteiger partial charge >= 0.3 is 0 Å². The van der Waals surface area contributed by atoms with Crippen LogP contribution in [0.1, 0.15) is 96.8 Å². The third-order valence-corrected chi connectivity index (χ3v) is 4.32. The molecule has 1 aliphatic heterocycles. The van der Waals surface area contributed by atoms with Gasteiger partial charge in [-0.1, -0.05) is 64.7 Å². The summed E-state index contributed by atoms with van der Waals surface area (Å²) in [5.41, 5.74) is 0. The molecule has 0 aromatic carbocycles. The molecule has 118 valence electrons. The normalized spacial score (nSPS) is 19.1. The standard InChI is InChI=1S/C18H34O2/c1-2-3-4-5-6-7-8-9-10-11-14-17(19)18-15-12-13-16-20-18/h18H,2-16H2,1H3. The van der Waals surface area contributed by atoms with Gasteiger partial charge in [-0.15, -0.1) is 0 Å². The topological polar surface area (TPSA) is 26.3 Å². The molecular weight excluding hydrogens is 248 g/mol. The van der Waals surface area contributed by atoms with Crippen LogP contribution in [0.5, 0.6) is 0 Å². The van der Waals surface area contributed by atoms with Crippen molar-refractivity contribution in [3.8, 4) is 0 Å². The van der Waals surface area contributed by atoms with Crippen molar-refractivity contribution in [2.45, 2.75) is 103 Å². The van der Waals surface area contributed by atoms with E-state index >= 15 is 0 Å². The Labute approximate surface area is 125 Å². The van der Waals surface area contributed by atoms with Gasteiger partial charge in [0.25, 0.3) is 0 Å². The molecule has 1 fully saturated rings. The van der Waals surface area contributed by atoms with Crippen LogP contribution in [-0.2, 0) is 9.53 Å². The van der Waals surface area contributed by atoms with E-state index in [4.69, 9.17) is 4.74 Å². The number of carbonyl (C=O) groups excluding carboxylic acids is 1. The number of carbonyl (C=O) groups is 1. The molecule has 1 saturated heterocycles. The first-order valence-corrected chi connectivity index (χ1v) is 8.99. The lowest BCUT2D eigenvalue weighted by atomic mass is 10.00. The molecule has 1 atom stereocenters. The zero-order valence-corrected chi connectivity index (χ0v) is 13.5. The molecule has 1 unspecified atom stereocenters. The van der Waals surface area contributed by atoms with Crippen LogP contribution in [0.2, 0.25) is 0 Å². The third kappa shape index (κ3) is 8.73. The van der Waals surface area contributed by atoms with Gasteiger partial charge in [0, 0.05) is 13.0 Å². The Bertz CT molecular complexity index is 232. The van der Waals surface area contributed by atoms with Gasteiger partial charge in [-0.25, -0.2) is 0 Å². The fourth-order valence-electron chi connectivity index (χ4n) is 2.94. The van der Waals surface area contributed by atoms with Crippen LogP contribution in [0, 0.1) is 0 Å². The molecule has 1 aliphatic rings. The smallest absolute Gasteiger partial charge is 0.161 e. The van der Waals surface area contributed by atoms with E-state index in [1.807, 2.05) is 0 Å². The van der Waals surface area contributed by atoms with Crippen molar-refractivity contribution in [2.75, 3.05) is 6.61 Å². The van der Waals surface area contributed by atoms with Crippen molar-refractivity contribution in [1.82, 2.24) is 0 Å². The van der Waals surface area contributed by atoms with E-state index in [0.29, 0.717) is 5.78 Å². The lowest BCUT2D eigenvalue weighted by Gasteiger charge is -2.21. The molecule has 2 heteroatoms. The molecule has 0 radical (unpaired) electrons. The van der Waals surface area contributed by atoms with Crippen LogP contribution >= 0.6 is 0 Å². The van der Waals surface area contributed by atoms with Gasteiger partial charge in [0.05, 0.1) is 0 Å². The van der Waals surface area contributed by atoms with E-state index < -0.39 is 0 Å². The highest BCUT2D eigenvalue weighted by molar-refractivity contribution is 5.83. The maximum absolute atomic E-state index is 11.9. The number of ether oxygens (including phenoxy) is 1. The Kier molecular flexibility index (Phi) is 10.9. The number of Topliss-reactive ketones (excluding diaryl/α,β-unsaturated/α-hetero) is 1. The molecular formula is C18H34O2. The Hall–Kier alpha value is -0.370. The summed E-state index contributed by atoms with van der Waals surface area (Å²) in [6.07, 6.45) is 17.2. The zero-order chi connectivity index (χ0) is 14.5. The summed E-state index contributed by atoms with van der Waals surface area (Å²) < 4.78 is 5.53. The van der Waals surface area contributed by atoms with Crippen molar-refractivity contribution in [3.05, 3.63) is 0 Å². The van der Waals surface area contributed by atoms with Gasteiger partial charge in [0.15, 0.2) is 5.78 Å². The second-order valence-corrected chi connectivity index (χ2v) is 6.25. The van der Waals surface area contributed by atoms with Gasteiger partial charge in [-0.2, -0.15) is 0 Å². The molecule has 0 aromatic rings. The summed E-state index contributed by atoms with van der Waals surface area (Å²) >= 11 is 0. The van der Waals surface area contributed by atoms with Gasteiger partial charge in [0.1, 0.15) is 6.10 Å². The van der Waals surface area contributed by atoms with Crippen molar-refractivity contribution in [2.24, 2.45) is 0 Å². The van der Waals surface area contributed by atoms with E-state index in [0.717, 1.165) is 38.7 Å². The summed E-state index contributed by atoms with van der Waals surface area (Å²) in [6, 6.07) is 0. The van der Waals surface area contributed by atoms with E-state index in [-0.39, 0.29) is 6.10 Å². The highest BCUT2D eigenvalue weighted by atomic mass is 16.5. The van der Waals surface area contributed by atoms with Gasteiger partial charge < -0.3 is 4.74 Å². The second kappa shape index (κ2) is 12.4. The first-order chi connectivity index (χ1) is 9.84. The number of unbranched alkanes of at least 4 members (excludes halogenated alkanes) is 9. The maximum Gasteiger partial charge on any atom is 0.161 e. The predicted octanol–water partition coefficient (Wildman–Crippen LogP) is 5.44. The van der Waals surface area contributed by atoms with E-state index in [9.17, 15) is 4.79 Å². The van der Waals surface area contributed by atoms with Crippen molar-refractivity contribution in [3.63, 3.8) is 0 Å². The molecule has 1 heterocycles. The van der Waals surface area contributed by atoms with Crippen molar-refractivity contribution >= 4 is 5.78 Å². The second-order valence-electron chi connectivity index (χ2n) is 6.25. The summed E-state index contributed by atoms with van der Waals surface area (Å²) in [5, 5.41) is 0. The monoisotopic (exact) mass is 282 g/mol. The van der Waals surface area contributed by atoms with Crippen molar-refractivity contribution in [1.29, 1.82) is 0 Å². The van der Waals surface area contributed by atoms with Crippen LogP contribution in [0.3, 0.4) is 0 Å². The highest BCUT2D eigenvalue weighted by Gasteiger charge is 2.20. The number of hydrogen-bond acceptors (Lipinski definition) is 2. The molecule has 0 bridgehead atoms. The number of hydrogen-bond donors (Lipinski definition) is 0. The number of rotatable bonds is 12. The van der Waals surface area contributed by atoms with Crippen LogP contribution < -0.4 is 0 Å². The molecule has 1 rings (SSSR count). The molecule has 0 saturated carbocycles. The fourth-order valence-corrected chi connectivity index (χ4v) is 2.94. The maximum atomic E-state index is 11.9. The molecule has 0 N–H and O–H groups in total. The Morgan fingerprint density at radius 2 is 1.50 bits per heavy atom. The van der Waals surface area contributed by atoms with E-state index in [2.05, 4.69) is 6.92 Å². The Morgan fingerprint density at radius 3 is 2.05 bits per heavy atom. The predicted molar refractivity (Wildman–Crippen MR) is 85.1 cm³/mol. The minimum absolute atomic E-state index is 0.0673. The fraction of sp³-hybridized carbons (Fsp3) is 0.944. The largest absolute Gasteiger partial charge is 0.370 e. The molecule has 20 heavy (non-hydrogen) atoms. The third-order valence-electron chi connectivity index (χ3n) is 4.32. The SMILES string of the molecule is CCCCCCCCCCCCC(=O)C1CCCCO1. The van der Waals surface area contributed by atoms with Crippen LogP contribution in [0.15, 0.2) is 0 Å². The Balaban J connectivity index is 1.83. The first kappa shape index (κ1) is 17.7. The highest BCUT2D eigenvalue weighted by Crippen LogP contribution is 2.17. The van der Waals surface area contributed by atoms with Crippen LogP contribution in [-0.4, -0.2) is 18.5 Å². The van der Waals surface area contributed by atoms with Gasteiger partial charge in [-0.3, -0.25) is 4.79 Å². The molecule has 0 aromatic heterocycles. The van der Waals surface area contributed by atoms with E-state index in [1.54, 1.807) is 0 Å². The van der Waals surface area contributed by atoms with Crippen LogP contribution in [0.4, 0.5) is 0 Å². The summed E-state index contributed by atoms with van der Waals surface area (Å²) in [7, 11) is 0. The first-order valence-electron chi connectivity index (χ1n) is 8.99. The average Bonchev–Trinajstić information content (AvgIpc) is 2.50. The van der Waals surface area contributed by atoms with E-state index in [1.165, 1.54) is 57.8 Å². The van der Waals surface area contributed by atoms with Crippen molar-refractivity contribution < 1.29 is 9.53 Å². The molecule has 0 aliphatic carbocycles. The average molecular weight is 282 g/mol. The Morgan fingerprint density at radius 1 is 0.900 bits per heavy atom. The quantitative estimate of drug-likeness (QED) is 0.446. The number of ketones is 1. The van der Waals surface area contributed by atoms with Gasteiger partial charge in [-0.05, 0) is 25.7 Å². The molecule has 2 nitrogen and oxygen atoms in total. The minimum Gasteiger partial charge on any atom is -0.370 e. The summed E-state index contributed by atoms with van der Waals surface area (Å²) in [5.74, 6) is 0.351. The lowest BCUT2D eigenvalue weighted by Crippen LogP contribution is -2.27. The molecule has 0 amide bonds. The zero-order valence-electron chi connectivity index (χ0n) is 13.5. The summed E-state index contributed by atoms with van der Waals surface area (Å²) in [6.45, 7) is 3.05. The lowest BCUT2D eigenvalue weighted by molar-refractivity contribution is -0.133. The summed E-state index contributed by atoms with van der Waals surface area (Å²) in [4.78, 5) is 11.9. The van der Waals surface area contributed by atoms with Crippen LogP contribution in [0.25, 0.3) is 0 Å². The minimum atomic E-state index is -0.0673.